The van der Waals surface area contributed by atoms with Gasteiger partial charge in [-0.3, -0.25) is 4.79 Å². The van der Waals surface area contributed by atoms with Crippen LogP contribution in [0.1, 0.15) is 33.1 Å². The zero-order chi connectivity index (χ0) is 11.1. The van der Waals surface area contributed by atoms with Crippen LogP contribution in [0.2, 0.25) is 0 Å². The molecule has 3 nitrogen and oxygen atoms in total. The highest BCUT2D eigenvalue weighted by atomic mass is 32.2. The lowest BCUT2D eigenvalue weighted by molar-refractivity contribution is -0.161. The SMILES string of the molecule is COOSCC12CCC(CC1=O)C2(C)C. The molecule has 15 heavy (non-hydrogen) atoms. The Morgan fingerprint density at radius 2 is 2.27 bits per heavy atom. The van der Waals surface area contributed by atoms with Crippen molar-refractivity contribution in [2.24, 2.45) is 16.7 Å². The van der Waals surface area contributed by atoms with Crippen molar-refractivity contribution >= 4 is 17.8 Å². The van der Waals surface area contributed by atoms with E-state index in [0.717, 1.165) is 18.6 Å². The van der Waals surface area contributed by atoms with Gasteiger partial charge in [0.15, 0.2) is 0 Å². The highest BCUT2D eigenvalue weighted by molar-refractivity contribution is 7.94. The third kappa shape index (κ3) is 1.46. The molecule has 4 heteroatoms. The van der Waals surface area contributed by atoms with Gasteiger partial charge >= 0.3 is 0 Å². The number of ketones is 1. The fourth-order valence-electron chi connectivity index (χ4n) is 3.28. The lowest BCUT2D eigenvalue weighted by atomic mass is 9.70. The van der Waals surface area contributed by atoms with Gasteiger partial charge in [0.05, 0.1) is 7.11 Å². The zero-order valence-electron chi connectivity index (χ0n) is 9.54. The summed E-state index contributed by atoms with van der Waals surface area (Å²) >= 11 is 1.26. The topological polar surface area (TPSA) is 35.5 Å². The van der Waals surface area contributed by atoms with Crippen LogP contribution in [0.15, 0.2) is 0 Å². The molecule has 2 fully saturated rings. The van der Waals surface area contributed by atoms with Crippen LogP contribution in [-0.2, 0) is 14.0 Å². The molecule has 0 amide bonds. The maximum Gasteiger partial charge on any atom is 0.140 e. The second kappa shape index (κ2) is 3.75. The van der Waals surface area contributed by atoms with Crippen LogP contribution in [0, 0.1) is 16.7 Å². The Hall–Kier alpha value is -0.0600. The Bertz CT molecular complexity index is 277. The monoisotopic (exact) mass is 230 g/mol. The van der Waals surface area contributed by atoms with E-state index in [1.165, 1.54) is 25.6 Å². The predicted octanol–water partition coefficient (Wildman–Crippen LogP) is 2.61. The second-order valence-electron chi connectivity index (χ2n) is 5.16. The number of hydrogen-bond acceptors (Lipinski definition) is 4. The highest BCUT2D eigenvalue weighted by Crippen LogP contribution is 2.64. The predicted molar refractivity (Wildman–Crippen MR) is 59.1 cm³/mol. The van der Waals surface area contributed by atoms with Crippen molar-refractivity contribution in [2.75, 3.05) is 12.9 Å². The molecule has 2 unspecified atom stereocenters. The van der Waals surface area contributed by atoms with Gasteiger partial charge in [0.25, 0.3) is 0 Å². The van der Waals surface area contributed by atoms with Crippen molar-refractivity contribution in [1.29, 1.82) is 0 Å². The first-order valence-electron chi connectivity index (χ1n) is 5.40. The van der Waals surface area contributed by atoms with Gasteiger partial charge in [-0.25, -0.2) is 4.89 Å². The molecule has 2 aliphatic rings. The Balaban J connectivity index is 2.13. The summed E-state index contributed by atoms with van der Waals surface area (Å²) in [5.74, 6) is 1.73. The molecule has 0 aromatic heterocycles. The number of fused-ring (bicyclic) bond motifs is 2. The Morgan fingerprint density at radius 1 is 1.53 bits per heavy atom. The molecule has 2 rings (SSSR count). The van der Waals surface area contributed by atoms with Crippen LogP contribution < -0.4 is 0 Å². The van der Waals surface area contributed by atoms with E-state index in [9.17, 15) is 4.79 Å². The summed E-state index contributed by atoms with van der Waals surface area (Å²) in [5, 5.41) is 0. The van der Waals surface area contributed by atoms with E-state index in [-0.39, 0.29) is 10.8 Å². The van der Waals surface area contributed by atoms with Gasteiger partial charge < -0.3 is 0 Å². The first-order chi connectivity index (χ1) is 7.04. The molecule has 0 saturated heterocycles. The molecule has 0 aromatic carbocycles. The summed E-state index contributed by atoms with van der Waals surface area (Å²) in [6.45, 7) is 4.45. The fourth-order valence-corrected chi connectivity index (χ4v) is 4.30. The van der Waals surface area contributed by atoms with Crippen molar-refractivity contribution in [3.05, 3.63) is 0 Å². The maximum absolute atomic E-state index is 12.1. The normalized spacial score (nSPS) is 37.5. The Morgan fingerprint density at radius 3 is 2.73 bits per heavy atom. The van der Waals surface area contributed by atoms with Crippen LogP contribution in [0.4, 0.5) is 0 Å². The minimum Gasteiger partial charge on any atom is -0.299 e. The van der Waals surface area contributed by atoms with Gasteiger partial charge in [0.2, 0.25) is 0 Å². The van der Waals surface area contributed by atoms with Gasteiger partial charge in [-0.05, 0) is 24.2 Å². The van der Waals surface area contributed by atoms with Crippen molar-refractivity contribution < 1.29 is 14.0 Å². The number of Topliss-reactive ketones (excluding diaryl/α,β-unsaturated/α-hetero) is 1. The number of carbonyl (C=O) groups is 1. The first-order valence-corrected chi connectivity index (χ1v) is 6.31. The molecule has 0 radical (unpaired) electrons. The van der Waals surface area contributed by atoms with Crippen LogP contribution in [0.5, 0.6) is 0 Å². The van der Waals surface area contributed by atoms with Gasteiger partial charge in [0, 0.05) is 29.6 Å². The van der Waals surface area contributed by atoms with Crippen LogP contribution in [0.25, 0.3) is 0 Å². The Labute approximate surface area is 95.0 Å². The largest absolute Gasteiger partial charge is 0.299 e. The molecule has 0 aliphatic heterocycles. The summed E-state index contributed by atoms with van der Waals surface area (Å²) in [5.41, 5.74) is -0.0327. The number of carbonyl (C=O) groups excluding carboxylic acids is 1. The minimum absolute atomic E-state index is 0.133. The molecule has 2 bridgehead atoms. The molecule has 2 saturated carbocycles. The molecule has 0 N–H and O–H groups in total. The van der Waals surface area contributed by atoms with Crippen molar-refractivity contribution in [2.45, 2.75) is 33.1 Å². The molecular formula is C11H18O3S. The van der Waals surface area contributed by atoms with Gasteiger partial charge in [-0.15, -0.1) is 0 Å². The van der Waals surface area contributed by atoms with E-state index in [1.807, 2.05) is 0 Å². The van der Waals surface area contributed by atoms with Gasteiger partial charge in [0.1, 0.15) is 5.78 Å². The van der Waals surface area contributed by atoms with E-state index in [2.05, 4.69) is 18.7 Å². The summed E-state index contributed by atoms with van der Waals surface area (Å²) in [6, 6.07) is 0. The molecule has 2 aliphatic carbocycles. The lowest BCUT2D eigenvalue weighted by Crippen LogP contribution is -2.38. The minimum atomic E-state index is -0.166. The fraction of sp³-hybridized carbons (Fsp3) is 0.909. The highest BCUT2D eigenvalue weighted by Gasteiger charge is 2.63. The standard InChI is InChI=1S/C11H18O3S/c1-10(2)8-4-5-11(10,9(12)6-8)7-15-14-13-3/h8H,4-7H2,1-3H3. The van der Waals surface area contributed by atoms with Crippen LogP contribution in [0.3, 0.4) is 0 Å². The maximum atomic E-state index is 12.1. The molecular weight excluding hydrogens is 212 g/mol. The average molecular weight is 230 g/mol. The van der Waals surface area contributed by atoms with Gasteiger partial charge in [-0.1, -0.05) is 13.8 Å². The van der Waals surface area contributed by atoms with Crippen LogP contribution >= 0.6 is 12.0 Å². The van der Waals surface area contributed by atoms with E-state index in [0.29, 0.717) is 11.7 Å². The third-order valence-electron chi connectivity index (χ3n) is 4.56. The van der Waals surface area contributed by atoms with E-state index >= 15 is 0 Å². The molecule has 86 valence electrons. The number of rotatable bonds is 4. The van der Waals surface area contributed by atoms with Crippen LogP contribution in [-0.4, -0.2) is 18.6 Å². The molecule has 0 spiro atoms. The summed E-state index contributed by atoms with van der Waals surface area (Å²) in [6.07, 6.45) is 2.97. The smallest absolute Gasteiger partial charge is 0.140 e. The van der Waals surface area contributed by atoms with Crippen molar-refractivity contribution in [3.63, 3.8) is 0 Å². The average Bonchev–Trinajstić information content (AvgIpc) is 2.52. The molecule has 2 atom stereocenters. The summed E-state index contributed by atoms with van der Waals surface area (Å²) < 4.78 is 4.85. The molecule has 0 aromatic rings. The van der Waals surface area contributed by atoms with Gasteiger partial charge in [-0.2, -0.15) is 4.33 Å². The summed E-state index contributed by atoms with van der Waals surface area (Å²) in [7, 11) is 1.49. The van der Waals surface area contributed by atoms with Crippen molar-refractivity contribution in [3.8, 4) is 0 Å². The molecule has 0 heterocycles. The quantitative estimate of drug-likeness (QED) is 0.322. The third-order valence-corrected chi connectivity index (χ3v) is 5.40. The van der Waals surface area contributed by atoms with E-state index < -0.39 is 0 Å². The second-order valence-corrected chi connectivity index (χ2v) is 5.82. The van der Waals surface area contributed by atoms with Crippen molar-refractivity contribution in [1.82, 2.24) is 0 Å². The lowest BCUT2D eigenvalue weighted by Gasteiger charge is -2.35. The van der Waals surface area contributed by atoms with E-state index in [4.69, 9.17) is 4.33 Å². The van der Waals surface area contributed by atoms with E-state index in [1.54, 1.807) is 0 Å². The summed E-state index contributed by atoms with van der Waals surface area (Å²) in [4.78, 5) is 16.6. The first kappa shape index (κ1) is 11.4. The number of hydrogen-bond donors (Lipinski definition) is 0. The zero-order valence-corrected chi connectivity index (χ0v) is 10.4. The Kier molecular flexibility index (Phi) is 2.86.